The Kier molecular flexibility index (Phi) is 2.32. The summed E-state index contributed by atoms with van der Waals surface area (Å²) in [5, 5.41) is 19.5. The molecule has 0 spiro atoms. The first-order valence-corrected chi connectivity index (χ1v) is 3.59. The molecule has 0 fully saturated rings. The Balaban J connectivity index is 3.04. The molecule has 0 saturated heterocycles. The molecule has 70 valence electrons. The number of rotatable bonds is 3. The summed E-state index contributed by atoms with van der Waals surface area (Å²) in [6.45, 7) is 0. The number of aromatic carboxylic acids is 1. The quantitative estimate of drug-likeness (QED) is 0.436. The summed E-state index contributed by atoms with van der Waals surface area (Å²) < 4.78 is 1.39. The summed E-state index contributed by atoms with van der Waals surface area (Å²) in [6.07, 6.45) is 1.67. The van der Waals surface area contributed by atoms with Crippen LogP contribution in [0, 0.1) is 5.41 Å². The highest BCUT2D eigenvalue weighted by molar-refractivity contribution is 5.89. The average Bonchev–Trinajstić information content (AvgIpc) is 2.29. The lowest BCUT2D eigenvalue weighted by Gasteiger charge is -1.94. The van der Waals surface area contributed by atoms with Gasteiger partial charge in [-0.15, -0.1) is 0 Å². The maximum atomic E-state index is 10.6. The van der Waals surface area contributed by atoms with E-state index in [0.717, 1.165) is 0 Å². The highest BCUT2D eigenvalue weighted by atomic mass is 16.4. The smallest absolute Gasteiger partial charge is 0.356 e. The predicted molar refractivity (Wildman–Crippen MR) is 45.8 cm³/mol. The monoisotopic (exact) mass is 182 g/mol. The Morgan fingerprint density at radius 1 is 1.85 bits per heavy atom. The van der Waals surface area contributed by atoms with Crippen molar-refractivity contribution in [3.8, 4) is 0 Å². The molecule has 0 amide bonds. The van der Waals surface area contributed by atoms with Crippen LogP contribution in [0.2, 0.25) is 0 Å². The second-order valence-corrected chi connectivity index (χ2v) is 2.68. The minimum atomic E-state index is -1.10. The van der Waals surface area contributed by atoms with E-state index < -0.39 is 5.97 Å². The van der Waals surface area contributed by atoms with Gasteiger partial charge in [0.1, 0.15) is 0 Å². The second kappa shape index (κ2) is 3.26. The van der Waals surface area contributed by atoms with Crippen LogP contribution in [0.1, 0.15) is 16.1 Å². The van der Waals surface area contributed by atoms with Crippen LogP contribution in [0.25, 0.3) is 0 Å². The van der Waals surface area contributed by atoms with Crippen LogP contribution in [-0.2, 0) is 13.5 Å². The van der Waals surface area contributed by atoms with E-state index in [1.165, 1.54) is 4.68 Å². The molecular formula is C7H10N4O2. The fourth-order valence-electron chi connectivity index (χ4n) is 1.05. The van der Waals surface area contributed by atoms with E-state index in [1.54, 1.807) is 13.2 Å². The fourth-order valence-corrected chi connectivity index (χ4v) is 1.05. The van der Waals surface area contributed by atoms with Gasteiger partial charge in [-0.05, 0) is 0 Å². The van der Waals surface area contributed by atoms with E-state index in [4.69, 9.17) is 16.2 Å². The molecule has 0 radical (unpaired) electrons. The van der Waals surface area contributed by atoms with Crippen molar-refractivity contribution in [3.63, 3.8) is 0 Å². The number of hydrogen-bond donors (Lipinski definition) is 3. The second-order valence-electron chi connectivity index (χ2n) is 2.68. The Bertz CT molecular complexity index is 355. The summed E-state index contributed by atoms with van der Waals surface area (Å²) in [5.74, 6) is -1.17. The van der Waals surface area contributed by atoms with Gasteiger partial charge in [0, 0.05) is 25.2 Å². The number of carboxylic acid groups (broad SMARTS) is 1. The summed E-state index contributed by atoms with van der Waals surface area (Å²) in [6, 6.07) is 0. The molecule has 0 aromatic carbocycles. The fraction of sp³-hybridized carbons (Fsp3) is 0.286. The number of nitrogens with zero attached hydrogens (tertiary/aromatic N) is 2. The van der Waals surface area contributed by atoms with Crippen molar-refractivity contribution < 1.29 is 9.90 Å². The van der Waals surface area contributed by atoms with Gasteiger partial charge in [-0.1, -0.05) is 0 Å². The minimum absolute atomic E-state index is 0.0438. The lowest BCUT2D eigenvalue weighted by Crippen LogP contribution is -2.14. The zero-order valence-electron chi connectivity index (χ0n) is 7.11. The van der Waals surface area contributed by atoms with Gasteiger partial charge in [-0.3, -0.25) is 10.1 Å². The van der Waals surface area contributed by atoms with E-state index in [0.29, 0.717) is 5.56 Å². The van der Waals surface area contributed by atoms with E-state index in [9.17, 15) is 4.79 Å². The number of amidine groups is 1. The van der Waals surface area contributed by atoms with E-state index in [2.05, 4.69) is 5.10 Å². The van der Waals surface area contributed by atoms with Crippen LogP contribution in [0.3, 0.4) is 0 Å². The highest BCUT2D eigenvalue weighted by Gasteiger charge is 2.14. The Morgan fingerprint density at radius 3 is 2.92 bits per heavy atom. The van der Waals surface area contributed by atoms with Crippen LogP contribution in [0.4, 0.5) is 0 Å². The molecule has 0 saturated carbocycles. The predicted octanol–water partition coefficient (Wildman–Crippen LogP) is -0.403. The summed E-state index contributed by atoms with van der Waals surface area (Å²) in [5.41, 5.74) is 5.57. The van der Waals surface area contributed by atoms with Gasteiger partial charge in [0.15, 0.2) is 5.69 Å². The number of carboxylic acids is 1. The molecule has 1 aromatic rings. The van der Waals surface area contributed by atoms with Gasteiger partial charge in [0.25, 0.3) is 0 Å². The van der Waals surface area contributed by atoms with Gasteiger partial charge in [-0.25, -0.2) is 4.79 Å². The minimum Gasteiger partial charge on any atom is -0.476 e. The van der Waals surface area contributed by atoms with Crippen LogP contribution in [0.5, 0.6) is 0 Å². The molecule has 0 unspecified atom stereocenters. The Hall–Kier alpha value is -1.85. The number of nitrogens with two attached hydrogens (primary N) is 1. The summed E-state index contributed by atoms with van der Waals surface area (Å²) >= 11 is 0. The SMILES string of the molecule is Cn1cc(CC(=N)N)c(C(=O)O)n1. The average molecular weight is 182 g/mol. The Labute approximate surface area is 74.5 Å². The first-order chi connectivity index (χ1) is 6.00. The first-order valence-electron chi connectivity index (χ1n) is 3.59. The third-order valence-corrected chi connectivity index (χ3v) is 1.49. The van der Waals surface area contributed by atoms with E-state index in [1.807, 2.05) is 0 Å². The maximum Gasteiger partial charge on any atom is 0.356 e. The van der Waals surface area contributed by atoms with Crippen molar-refractivity contribution in [1.82, 2.24) is 9.78 Å². The van der Waals surface area contributed by atoms with Crippen LogP contribution in [0.15, 0.2) is 6.20 Å². The number of aryl methyl sites for hydroxylation is 1. The largest absolute Gasteiger partial charge is 0.476 e. The molecule has 6 heteroatoms. The summed E-state index contributed by atoms with van der Waals surface area (Å²) in [4.78, 5) is 10.6. The lowest BCUT2D eigenvalue weighted by molar-refractivity contribution is 0.0688. The molecule has 13 heavy (non-hydrogen) atoms. The lowest BCUT2D eigenvalue weighted by atomic mass is 10.2. The standard InChI is InChI=1S/C7H10N4O2/c1-11-3-4(2-5(8)9)6(10-11)7(12)13/h3H,2H2,1H3,(H3,8,9)(H,12,13). The van der Waals surface area contributed by atoms with Crippen molar-refractivity contribution in [2.75, 3.05) is 0 Å². The molecule has 0 aliphatic carbocycles. The van der Waals surface area contributed by atoms with E-state index in [-0.39, 0.29) is 18.0 Å². The zero-order chi connectivity index (χ0) is 10.0. The molecule has 0 aliphatic rings. The Morgan fingerprint density at radius 2 is 2.46 bits per heavy atom. The van der Waals surface area contributed by atoms with Gasteiger partial charge in [-0.2, -0.15) is 5.10 Å². The zero-order valence-corrected chi connectivity index (χ0v) is 7.11. The van der Waals surface area contributed by atoms with Crippen molar-refractivity contribution in [3.05, 3.63) is 17.5 Å². The molecule has 1 aromatic heterocycles. The van der Waals surface area contributed by atoms with Gasteiger partial charge in [0.2, 0.25) is 0 Å². The molecule has 0 atom stereocenters. The van der Waals surface area contributed by atoms with Gasteiger partial charge < -0.3 is 10.8 Å². The maximum absolute atomic E-state index is 10.6. The van der Waals surface area contributed by atoms with Crippen LogP contribution < -0.4 is 5.73 Å². The summed E-state index contributed by atoms with van der Waals surface area (Å²) in [7, 11) is 1.62. The molecule has 1 heterocycles. The molecular weight excluding hydrogens is 172 g/mol. The van der Waals surface area contributed by atoms with Gasteiger partial charge >= 0.3 is 5.97 Å². The third kappa shape index (κ3) is 2.05. The number of nitrogens with one attached hydrogen (secondary N) is 1. The molecule has 6 nitrogen and oxygen atoms in total. The first kappa shape index (κ1) is 9.24. The van der Waals surface area contributed by atoms with E-state index >= 15 is 0 Å². The normalized spacial score (nSPS) is 9.92. The molecule has 4 N–H and O–H groups in total. The van der Waals surface area contributed by atoms with Crippen LogP contribution >= 0.6 is 0 Å². The highest BCUT2D eigenvalue weighted by Crippen LogP contribution is 2.06. The van der Waals surface area contributed by atoms with Crippen molar-refractivity contribution >= 4 is 11.8 Å². The van der Waals surface area contributed by atoms with Gasteiger partial charge in [0.05, 0.1) is 5.84 Å². The molecule has 1 rings (SSSR count). The number of hydrogen-bond acceptors (Lipinski definition) is 3. The number of aromatic nitrogens is 2. The van der Waals surface area contributed by atoms with Crippen molar-refractivity contribution in [1.29, 1.82) is 5.41 Å². The van der Waals surface area contributed by atoms with Crippen molar-refractivity contribution in [2.45, 2.75) is 6.42 Å². The van der Waals surface area contributed by atoms with Crippen molar-refractivity contribution in [2.24, 2.45) is 12.8 Å². The molecule has 0 bridgehead atoms. The number of carbonyl (C=O) groups is 1. The topological polar surface area (TPSA) is 105 Å². The van der Waals surface area contributed by atoms with Crippen LogP contribution in [-0.4, -0.2) is 26.7 Å². The third-order valence-electron chi connectivity index (χ3n) is 1.49. The molecule has 0 aliphatic heterocycles.